The van der Waals surface area contributed by atoms with E-state index in [4.69, 9.17) is 5.14 Å². The Hall–Kier alpha value is -2.88. The smallest absolute Gasteiger partial charge is 0.238 e. The van der Waals surface area contributed by atoms with Crippen molar-refractivity contribution >= 4 is 10.0 Å². The van der Waals surface area contributed by atoms with Gasteiger partial charge in [0.05, 0.1) is 22.3 Å². The van der Waals surface area contributed by atoms with E-state index < -0.39 is 10.0 Å². The molecule has 0 unspecified atom stereocenters. The molecule has 0 bridgehead atoms. The predicted octanol–water partition coefficient (Wildman–Crippen LogP) is 2.56. The first-order chi connectivity index (χ1) is 12.8. The molecule has 5 nitrogen and oxygen atoms in total. The number of nitrogens with two attached hydrogens (primary N) is 1. The average molecular weight is 379 g/mol. The highest BCUT2D eigenvalue weighted by molar-refractivity contribution is 7.89. The summed E-state index contributed by atoms with van der Waals surface area (Å²) >= 11 is 0. The first-order valence-corrected chi connectivity index (χ1v) is 10.1. The molecule has 0 spiro atoms. The third-order valence-corrected chi connectivity index (χ3v) is 5.25. The third kappa shape index (κ3) is 4.85. The van der Waals surface area contributed by atoms with Gasteiger partial charge in [-0.3, -0.25) is 4.68 Å². The Labute approximate surface area is 159 Å². The summed E-state index contributed by atoms with van der Waals surface area (Å²) in [6.07, 6.45) is 3.46. The molecule has 0 aliphatic carbocycles. The van der Waals surface area contributed by atoms with E-state index in [0.717, 1.165) is 24.1 Å². The van der Waals surface area contributed by atoms with Crippen molar-refractivity contribution in [3.8, 4) is 11.8 Å². The molecule has 0 saturated heterocycles. The van der Waals surface area contributed by atoms with Gasteiger partial charge in [0.1, 0.15) is 0 Å². The van der Waals surface area contributed by atoms with Gasteiger partial charge in [0.2, 0.25) is 10.0 Å². The van der Waals surface area contributed by atoms with Gasteiger partial charge < -0.3 is 0 Å². The van der Waals surface area contributed by atoms with E-state index >= 15 is 0 Å². The Kier molecular flexibility index (Phi) is 5.45. The minimum atomic E-state index is -3.74. The lowest BCUT2D eigenvalue weighted by Crippen LogP contribution is -2.11. The zero-order valence-electron chi connectivity index (χ0n) is 15.3. The van der Waals surface area contributed by atoms with Crippen LogP contribution in [0.3, 0.4) is 0 Å². The fraction of sp³-hybridized carbons (Fsp3) is 0.190. The highest BCUT2D eigenvalue weighted by Crippen LogP contribution is 2.13. The highest BCUT2D eigenvalue weighted by Gasteiger charge is 2.08. The van der Waals surface area contributed by atoms with E-state index in [1.807, 2.05) is 11.7 Å². The molecule has 0 atom stereocenters. The fourth-order valence-corrected chi connectivity index (χ4v) is 3.33. The monoisotopic (exact) mass is 379 g/mol. The first kappa shape index (κ1) is 18.9. The van der Waals surface area contributed by atoms with Gasteiger partial charge in [0, 0.05) is 12.6 Å². The van der Waals surface area contributed by atoms with Crippen LogP contribution in [0.2, 0.25) is 0 Å². The van der Waals surface area contributed by atoms with Gasteiger partial charge in [-0.05, 0) is 43.5 Å². The van der Waals surface area contributed by atoms with Crippen LogP contribution in [0.4, 0.5) is 0 Å². The number of benzene rings is 2. The number of hydrogen-bond donors (Lipinski definition) is 1. The quantitative estimate of drug-likeness (QED) is 0.708. The van der Waals surface area contributed by atoms with Crippen LogP contribution in [0.1, 0.15) is 27.9 Å². The van der Waals surface area contributed by atoms with Gasteiger partial charge in [-0.25, -0.2) is 13.6 Å². The average Bonchev–Trinajstić information content (AvgIpc) is 2.99. The number of rotatable bonds is 4. The molecule has 2 aromatic carbocycles. The highest BCUT2D eigenvalue weighted by atomic mass is 32.2. The topological polar surface area (TPSA) is 78.0 Å². The number of nitrogens with zero attached hydrogens (tertiary/aromatic N) is 2. The van der Waals surface area contributed by atoms with Crippen molar-refractivity contribution in [2.75, 3.05) is 0 Å². The molecule has 1 aromatic heterocycles. The van der Waals surface area contributed by atoms with Gasteiger partial charge in [0.25, 0.3) is 0 Å². The van der Waals surface area contributed by atoms with Gasteiger partial charge >= 0.3 is 0 Å². The van der Waals surface area contributed by atoms with Crippen LogP contribution in [-0.2, 0) is 29.9 Å². The summed E-state index contributed by atoms with van der Waals surface area (Å²) < 4.78 is 24.8. The number of sulfonamides is 1. The molecule has 0 radical (unpaired) electrons. The summed E-state index contributed by atoms with van der Waals surface area (Å²) in [6, 6.07) is 14.8. The number of aromatic nitrogens is 2. The molecular weight excluding hydrogens is 358 g/mol. The Bertz CT molecular complexity index is 1120. The molecular formula is C21H21N3O2S. The number of hydrogen-bond acceptors (Lipinski definition) is 3. The van der Waals surface area contributed by atoms with E-state index in [2.05, 4.69) is 48.1 Å². The van der Waals surface area contributed by atoms with Crippen LogP contribution in [0.5, 0.6) is 0 Å². The summed E-state index contributed by atoms with van der Waals surface area (Å²) in [5, 5.41) is 9.49. The first-order valence-electron chi connectivity index (χ1n) is 8.54. The van der Waals surface area contributed by atoms with Gasteiger partial charge in [-0.1, -0.05) is 47.7 Å². The molecule has 1 heterocycles. The Morgan fingerprint density at radius 3 is 2.52 bits per heavy atom. The van der Waals surface area contributed by atoms with Gasteiger partial charge in [0.15, 0.2) is 0 Å². The third-order valence-electron chi connectivity index (χ3n) is 4.34. The lowest BCUT2D eigenvalue weighted by atomic mass is 10.0. The molecule has 27 heavy (non-hydrogen) atoms. The van der Waals surface area contributed by atoms with E-state index in [0.29, 0.717) is 5.56 Å². The predicted molar refractivity (Wildman–Crippen MR) is 106 cm³/mol. The van der Waals surface area contributed by atoms with Crippen LogP contribution in [-0.4, -0.2) is 18.2 Å². The van der Waals surface area contributed by atoms with E-state index in [9.17, 15) is 8.42 Å². The molecule has 0 fully saturated rings. The molecule has 3 aromatic rings. The van der Waals surface area contributed by atoms with E-state index in [-0.39, 0.29) is 4.90 Å². The van der Waals surface area contributed by atoms with Crippen LogP contribution in [0.25, 0.3) is 0 Å². The maximum absolute atomic E-state index is 11.5. The van der Waals surface area contributed by atoms with Gasteiger partial charge in [-0.2, -0.15) is 5.10 Å². The molecule has 3 rings (SSSR count). The zero-order valence-corrected chi connectivity index (χ0v) is 16.1. The van der Waals surface area contributed by atoms with Crippen molar-refractivity contribution in [3.05, 3.63) is 82.7 Å². The number of aryl methyl sites for hydroxylation is 3. The fourth-order valence-electron chi connectivity index (χ4n) is 2.77. The molecule has 0 aliphatic heterocycles. The van der Waals surface area contributed by atoms with Gasteiger partial charge in [-0.15, -0.1) is 0 Å². The lowest BCUT2D eigenvalue weighted by Gasteiger charge is -2.04. The largest absolute Gasteiger partial charge is 0.271 e. The van der Waals surface area contributed by atoms with Crippen molar-refractivity contribution in [1.29, 1.82) is 0 Å². The standard InChI is InChI=1S/C21H21N3O2S/c1-16-6-8-17(9-7-16)11-13-21-19(15-23-24(21)2)12-10-18-4-3-5-20(14-18)27(22,25)26/h3-9,14-15H,11,13H2,1-2H3,(H2,22,25,26). The SMILES string of the molecule is Cc1ccc(CCc2c(C#Cc3cccc(S(N)(=O)=O)c3)cnn2C)cc1. The summed E-state index contributed by atoms with van der Waals surface area (Å²) in [5.74, 6) is 6.11. The van der Waals surface area contributed by atoms with Crippen LogP contribution in [0, 0.1) is 18.8 Å². The van der Waals surface area contributed by atoms with Crippen molar-refractivity contribution < 1.29 is 8.42 Å². The van der Waals surface area contributed by atoms with E-state index in [1.165, 1.54) is 23.3 Å². The van der Waals surface area contributed by atoms with Crippen molar-refractivity contribution in [2.45, 2.75) is 24.7 Å². The second kappa shape index (κ2) is 7.78. The summed E-state index contributed by atoms with van der Waals surface area (Å²) in [6.45, 7) is 2.07. The van der Waals surface area contributed by atoms with Crippen LogP contribution < -0.4 is 5.14 Å². The van der Waals surface area contributed by atoms with Crippen molar-refractivity contribution in [3.63, 3.8) is 0 Å². The Morgan fingerprint density at radius 2 is 1.81 bits per heavy atom. The molecule has 0 amide bonds. The Morgan fingerprint density at radius 1 is 1.07 bits per heavy atom. The minimum absolute atomic E-state index is 0.0556. The van der Waals surface area contributed by atoms with Crippen LogP contribution >= 0.6 is 0 Å². The summed E-state index contributed by atoms with van der Waals surface area (Å²) in [7, 11) is -1.84. The second-order valence-electron chi connectivity index (χ2n) is 6.44. The van der Waals surface area contributed by atoms with Crippen LogP contribution in [0.15, 0.2) is 59.6 Å². The zero-order chi connectivity index (χ0) is 19.4. The molecule has 138 valence electrons. The lowest BCUT2D eigenvalue weighted by molar-refractivity contribution is 0.598. The summed E-state index contributed by atoms with van der Waals surface area (Å²) in [5.41, 5.74) is 4.99. The minimum Gasteiger partial charge on any atom is -0.271 e. The number of primary sulfonamides is 1. The molecule has 0 saturated carbocycles. The molecule has 0 aliphatic rings. The van der Waals surface area contributed by atoms with E-state index in [1.54, 1.807) is 18.3 Å². The van der Waals surface area contributed by atoms with Crippen molar-refractivity contribution in [2.24, 2.45) is 12.2 Å². The van der Waals surface area contributed by atoms with Crippen molar-refractivity contribution in [1.82, 2.24) is 9.78 Å². The maximum atomic E-state index is 11.5. The Balaban J connectivity index is 1.81. The second-order valence-corrected chi connectivity index (χ2v) is 8.00. The molecule has 6 heteroatoms. The maximum Gasteiger partial charge on any atom is 0.238 e. The molecule has 2 N–H and O–H groups in total. The normalized spacial score (nSPS) is 11.1. The summed E-state index contributed by atoms with van der Waals surface area (Å²) in [4.78, 5) is 0.0556.